The SMILES string of the molecule is CS(=O)(=O)N[C@H]1CCCN2C(=O)COC(=O)N(CC3CC3)C3CCC(CC3)OCC12. The topological polar surface area (TPSA) is 105 Å². The maximum absolute atomic E-state index is 12.9. The molecule has 3 saturated heterocycles. The number of carbonyl (C=O) groups is 2. The molecule has 2 bridgehead atoms. The molecule has 2 aliphatic carbocycles. The van der Waals surface area contributed by atoms with Crippen LogP contribution < -0.4 is 4.72 Å². The molecule has 1 unspecified atom stereocenters. The minimum absolute atomic E-state index is 0.0681. The molecule has 2 amide bonds. The highest BCUT2D eigenvalue weighted by molar-refractivity contribution is 7.88. The average molecular weight is 444 g/mol. The Labute approximate surface area is 178 Å². The molecule has 9 nitrogen and oxygen atoms in total. The van der Waals surface area contributed by atoms with Crippen LogP contribution in [0.4, 0.5) is 4.79 Å². The summed E-state index contributed by atoms with van der Waals surface area (Å²) in [5, 5.41) is 0. The van der Waals surface area contributed by atoms with Crippen molar-refractivity contribution in [1.29, 1.82) is 0 Å². The molecule has 2 atom stereocenters. The highest BCUT2D eigenvalue weighted by atomic mass is 32.2. The molecule has 0 spiro atoms. The lowest BCUT2D eigenvalue weighted by molar-refractivity contribution is -0.141. The van der Waals surface area contributed by atoms with Crippen molar-refractivity contribution in [3.63, 3.8) is 0 Å². The minimum Gasteiger partial charge on any atom is -0.439 e. The fourth-order valence-electron chi connectivity index (χ4n) is 4.98. The van der Waals surface area contributed by atoms with Gasteiger partial charge in [0, 0.05) is 25.2 Å². The first-order valence-electron chi connectivity index (χ1n) is 11.1. The van der Waals surface area contributed by atoms with Gasteiger partial charge in [-0.05, 0) is 57.3 Å². The predicted octanol–water partition coefficient (Wildman–Crippen LogP) is 1.09. The number of amides is 2. The number of rotatable bonds is 4. The van der Waals surface area contributed by atoms with Gasteiger partial charge in [0.15, 0.2) is 6.61 Å². The van der Waals surface area contributed by atoms with E-state index < -0.39 is 28.2 Å². The third kappa shape index (κ3) is 5.45. The van der Waals surface area contributed by atoms with Crippen LogP contribution in [0.25, 0.3) is 0 Å². The second kappa shape index (κ2) is 9.00. The summed E-state index contributed by atoms with van der Waals surface area (Å²) >= 11 is 0. The lowest BCUT2D eigenvalue weighted by atomic mass is 9.91. The van der Waals surface area contributed by atoms with Gasteiger partial charge in [-0.1, -0.05) is 0 Å². The van der Waals surface area contributed by atoms with Crippen LogP contribution in [0.5, 0.6) is 0 Å². The standard InChI is InChI=1S/C20H33N3O6S/c1-30(26,27)21-17-3-2-10-22-18(17)12-28-16-8-6-15(7-9-16)23(11-14-4-5-14)20(25)29-13-19(22)24/h14-18,21H,2-13H2,1H3/t15?,16?,17-,18?/m0/s1. The number of hydrogen-bond acceptors (Lipinski definition) is 6. The Bertz CT molecular complexity index is 748. The molecule has 0 aromatic heterocycles. The predicted molar refractivity (Wildman–Crippen MR) is 109 cm³/mol. The van der Waals surface area contributed by atoms with Crippen molar-refractivity contribution < 1.29 is 27.5 Å². The number of ether oxygens (including phenoxy) is 2. The van der Waals surface area contributed by atoms with Crippen LogP contribution in [0.3, 0.4) is 0 Å². The van der Waals surface area contributed by atoms with Crippen molar-refractivity contribution >= 4 is 22.0 Å². The van der Waals surface area contributed by atoms with Crippen molar-refractivity contribution in [3.05, 3.63) is 0 Å². The number of carbonyl (C=O) groups excluding carboxylic acids is 2. The lowest BCUT2D eigenvalue weighted by Crippen LogP contribution is -2.59. The Morgan fingerprint density at radius 2 is 1.80 bits per heavy atom. The van der Waals surface area contributed by atoms with Gasteiger partial charge in [-0.15, -0.1) is 0 Å². The second-order valence-corrected chi connectivity index (χ2v) is 11.0. The molecule has 0 aromatic carbocycles. The largest absolute Gasteiger partial charge is 0.439 e. The number of nitrogens with one attached hydrogen (secondary N) is 1. The van der Waals surface area contributed by atoms with Gasteiger partial charge < -0.3 is 19.3 Å². The summed E-state index contributed by atoms with van der Waals surface area (Å²) in [5.41, 5.74) is 0. The van der Waals surface area contributed by atoms with Crippen LogP contribution in [0, 0.1) is 5.92 Å². The van der Waals surface area contributed by atoms with Gasteiger partial charge in [-0.25, -0.2) is 17.9 Å². The quantitative estimate of drug-likeness (QED) is 0.697. The molecular weight excluding hydrogens is 410 g/mol. The third-order valence-corrected chi connectivity index (χ3v) is 7.49. The summed E-state index contributed by atoms with van der Waals surface area (Å²) in [6, 6.07) is -0.669. The van der Waals surface area contributed by atoms with Gasteiger partial charge in [-0.2, -0.15) is 0 Å². The molecule has 2 saturated carbocycles. The number of piperidine rings is 1. The molecule has 5 fully saturated rings. The second-order valence-electron chi connectivity index (χ2n) is 9.21. The zero-order chi connectivity index (χ0) is 21.3. The van der Waals surface area contributed by atoms with Crippen LogP contribution in [-0.4, -0.2) is 87.0 Å². The van der Waals surface area contributed by atoms with Gasteiger partial charge in [-0.3, -0.25) is 4.79 Å². The van der Waals surface area contributed by atoms with E-state index in [1.807, 2.05) is 4.90 Å². The van der Waals surface area contributed by atoms with Crippen LogP contribution in [0.1, 0.15) is 51.4 Å². The summed E-state index contributed by atoms with van der Waals surface area (Å²) in [6.07, 6.45) is 7.84. The van der Waals surface area contributed by atoms with Crippen LogP contribution in [0.2, 0.25) is 0 Å². The Balaban J connectivity index is 1.53. The summed E-state index contributed by atoms with van der Waals surface area (Å²) in [6.45, 7) is 1.17. The van der Waals surface area contributed by atoms with E-state index in [4.69, 9.17) is 9.47 Å². The van der Waals surface area contributed by atoms with Crippen molar-refractivity contribution in [1.82, 2.24) is 14.5 Å². The summed E-state index contributed by atoms with van der Waals surface area (Å²) < 4.78 is 38.0. The van der Waals surface area contributed by atoms with Crippen LogP contribution in [-0.2, 0) is 24.3 Å². The highest BCUT2D eigenvalue weighted by Gasteiger charge is 2.39. The Morgan fingerprint density at radius 3 is 2.47 bits per heavy atom. The fourth-order valence-corrected chi connectivity index (χ4v) is 5.81. The molecule has 3 heterocycles. The molecule has 1 N–H and O–H groups in total. The fraction of sp³-hybridized carbons (Fsp3) is 0.900. The molecule has 3 aliphatic heterocycles. The zero-order valence-electron chi connectivity index (χ0n) is 17.6. The Hall–Kier alpha value is -1.39. The van der Waals surface area contributed by atoms with Gasteiger partial charge in [0.25, 0.3) is 5.91 Å². The molecule has 0 aromatic rings. The molecule has 10 heteroatoms. The normalized spacial score (nSPS) is 33.9. The van der Waals surface area contributed by atoms with Crippen LogP contribution in [0.15, 0.2) is 0 Å². The zero-order valence-corrected chi connectivity index (χ0v) is 18.4. The van der Waals surface area contributed by atoms with Gasteiger partial charge in [0.2, 0.25) is 10.0 Å². The van der Waals surface area contributed by atoms with Crippen LogP contribution >= 0.6 is 0 Å². The maximum Gasteiger partial charge on any atom is 0.410 e. The monoisotopic (exact) mass is 443 g/mol. The number of nitrogens with zero attached hydrogens (tertiary/aromatic N) is 2. The first kappa shape index (κ1) is 21.8. The van der Waals surface area contributed by atoms with E-state index in [0.717, 1.165) is 44.8 Å². The number of fused-ring (bicyclic) bond motifs is 7. The van der Waals surface area contributed by atoms with Crippen molar-refractivity contribution in [2.75, 3.05) is 32.6 Å². The maximum atomic E-state index is 12.9. The molecule has 170 valence electrons. The van der Waals surface area contributed by atoms with Crippen molar-refractivity contribution in [2.24, 2.45) is 5.92 Å². The van der Waals surface area contributed by atoms with Gasteiger partial charge >= 0.3 is 6.09 Å². The van der Waals surface area contributed by atoms with Gasteiger partial charge in [0.1, 0.15) is 0 Å². The van der Waals surface area contributed by atoms with E-state index in [1.54, 1.807) is 4.90 Å². The summed E-state index contributed by atoms with van der Waals surface area (Å²) in [5.74, 6) is 0.252. The smallest absolute Gasteiger partial charge is 0.410 e. The summed E-state index contributed by atoms with van der Waals surface area (Å²) in [4.78, 5) is 29.2. The molecular formula is C20H33N3O6S. The number of sulfonamides is 1. The van der Waals surface area contributed by atoms with E-state index in [0.29, 0.717) is 31.8 Å². The molecule has 0 radical (unpaired) electrons. The first-order chi connectivity index (χ1) is 14.3. The number of hydrogen-bond donors (Lipinski definition) is 1. The lowest BCUT2D eigenvalue weighted by Gasteiger charge is -2.41. The third-order valence-electron chi connectivity index (χ3n) is 6.76. The Kier molecular flexibility index (Phi) is 6.55. The van der Waals surface area contributed by atoms with E-state index >= 15 is 0 Å². The minimum atomic E-state index is -3.42. The molecule has 5 aliphatic rings. The molecule has 30 heavy (non-hydrogen) atoms. The van der Waals surface area contributed by atoms with Crippen molar-refractivity contribution in [2.45, 2.75) is 75.6 Å². The Morgan fingerprint density at radius 1 is 1.07 bits per heavy atom. The van der Waals surface area contributed by atoms with E-state index in [-0.39, 0.29) is 31.3 Å². The summed E-state index contributed by atoms with van der Waals surface area (Å²) in [7, 11) is -3.42. The molecule has 5 rings (SSSR count). The van der Waals surface area contributed by atoms with Crippen molar-refractivity contribution in [3.8, 4) is 0 Å². The van der Waals surface area contributed by atoms with Gasteiger partial charge in [0.05, 0.1) is 25.0 Å². The first-order valence-corrected chi connectivity index (χ1v) is 13.0. The highest BCUT2D eigenvalue weighted by Crippen LogP contribution is 2.34. The van der Waals surface area contributed by atoms with E-state index in [2.05, 4.69) is 4.72 Å². The van der Waals surface area contributed by atoms with E-state index in [9.17, 15) is 18.0 Å². The van der Waals surface area contributed by atoms with E-state index in [1.165, 1.54) is 0 Å². The average Bonchev–Trinajstić information content (AvgIpc) is 3.52.